The normalized spacial score (nSPS) is 15.0. The number of carboxylic acids is 1. The summed E-state index contributed by atoms with van der Waals surface area (Å²) in [6.07, 6.45) is -1.20. The van der Waals surface area contributed by atoms with Crippen LogP contribution in [0.1, 0.15) is 25.5 Å². The molecule has 110 valence electrons. The number of urea groups is 1. The number of aliphatic hydroxyl groups excluding tert-OH is 1. The molecule has 0 aliphatic carbocycles. The van der Waals surface area contributed by atoms with E-state index in [1.165, 1.54) is 6.92 Å². The predicted molar refractivity (Wildman–Crippen MR) is 74.6 cm³/mol. The SMILES string of the molecule is CC(NC(=O)NC(C(=O)O)C(C)O)c1ccccc1Cl. The zero-order chi connectivity index (χ0) is 15.3. The number of carbonyl (C=O) groups excluding carboxylic acids is 1. The van der Waals surface area contributed by atoms with Crippen LogP contribution >= 0.6 is 11.6 Å². The van der Waals surface area contributed by atoms with E-state index in [0.29, 0.717) is 10.6 Å². The molecular formula is C13H17ClN2O4. The summed E-state index contributed by atoms with van der Waals surface area (Å²) in [4.78, 5) is 22.6. The number of halogens is 1. The van der Waals surface area contributed by atoms with E-state index in [-0.39, 0.29) is 0 Å². The third-order valence-corrected chi connectivity index (χ3v) is 3.10. The molecule has 3 atom stereocenters. The summed E-state index contributed by atoms with van der Waals surface area (Å²) >= 11 is 6.00. The number of aliphatic carboxylic acids is 1. The zero-order valence-electron chi connectivity index (χ0n) is 11.1. The van der Waals surface area contributed by atoms with Gasteiger partial charge in [0.05, 0.1) is 12.1 Å². The van der Waals surface area contributed by atoms with E-state index in [1.54, 1.807) is 31.2 Å². The zero-order valence-corrected chi connectivity index (χ0v) is 11.9. The van der Waals surface area contributed by atoms with E-state index in [1.807, 2.05) is 0 Å². The number of hydrogen-bond donors (Lipinski definition) is 4. The number of rotatable bonds is 5. The van der Waals surface area contributed by atoms with Gasteiger partial charge in [0.2, 0.25) is 0 Å². The van der Waals surface area contributed by atoms with Gasteiger partial charge in [-0.25, -0.2) is 9.59 Å². The van der Waals surface area contributed by atoms with Gasteiger partial charge in [0, 0.05) is 5.02 Å². The van der Waals surface area contributed by atoms with Crippen LogP contribution in [0.5, 0.6) is 0 Å². The number of carbonyl (C=O) groups is 2. The summed E-state index contributed by atoms with van der Waals surface area (Å²) in [7, 11) is 0. The average molecular weight is 301 g/mol. The van der Waals surface area contributed by atoms with Gasteiger partial charge in [0.25, 0.3) is 0 Å². The van der Waals surface area contributed by atoms with Gasteiger partial charge in [0.1, 0.15) is 0 Å². The van der Waals surface area contributed by atoms with E-state index in [0.717, 1.165) is 0 Å². The number of hydrogen-bond acceptors (Lipinski definition) is 3. The van der Waals surface area contributed by atoms with Crippen molar-refractivity contribution < 1.29 is 19.8 Å². The Kier molecular flexibility index (Phi) is 5.79. The van der Waals surface area contributed by atoms with E-state index in [2.05, 4.69) is 10.6 Å². The molecule has 0 fully saturated rings. The fraction of sp³-hybridized carbons (Fsp3) is 0.385. The topological polar surface area (TPSA) is 98.7 Å². The Morgan fingerprint density at radius 1 is 1.20 bits per heavy atom. The lowest BCUT2D eigenvalue weighted by atomic mass is 10.1. The molecule has 20 heavy (non-hydrogen) atoms. The minimum atomic E-state index is -1.37. The van der Waals surface area contributed by atoms with Crippen LogP contribution in [0, 0.1) is 0 Å². The molecule has 1 aromatic carbocycles. The number of nitrogens with one attached hydrogen (secondary N) is 2. The van der Waals surface area contributed by atoms with Gasteiger partial charge in [-0.15, -0.1) is 0 Å². The van der Waals surface area contributed by atoms with Crippen molar-refractivity contribution in [2.45, 2.75) is 32.0 Å². The second-order valence-electron chi connectivity index (χ2n) is 4.42. The van der Waals surface area contributed by atoms with Crippen molar-refractivity contribution >= 4 is 23.6 Å². The summed E-state index contributed by atoms with van der Waals surface area (Å²) in [6.45, 7) is 3.01. The van der Waals surface area contributed by atoms with E-state index in [9.17, 15) is 14.7 Å². The molecule has 3 unspecified atom stereocenters. The fourth-order valence-corrected chi connectivity index (χ4v) is 1.97. The second kappa shape index (κ2) is 7.12. The van der Waals surface area contributed by atoms with E-state index < -0.39 is 30.2 Å². The number of aliphatic hydroxyl groups is 1. The average Bonchev–Trinajstić information content (AvgIpc) is 2.35. The van der Waals surface area contributed by atoms with Crippen LogP contribution in [0.2, 0.25) is 5.02 Å². The number of amides is 2. The van der Waals surface area contributed by atoms with Gasteiger partial charge in [-0.1, -0.05) is 29.8 Å². The first-order valence-corrected chi connectivity index (χ1v) is 6.43. The Hall–Kier alpha value is -1.79. The maximum Gasteiger partial charge on any atom is 0.328 e. The molecule has 0 radical (unpaired) electrons. The largest absolute Gasteiger partial charge is 0.480 e. The molecule has 6 nitrogen and oxygen atoms in total. The van der Waals surface area contributed by atoms with E-state index in [4.69, 9.17) is 16.7 Å². The van der Waals surface area contributed by atoms with Crippen molar-refractivity contribution in [2.75, 3.05) is 0 Å². The van der Waals surface area contributed by atoms with Crippen LogP contribution in [0.4, 0.5) is 4.79 Å². The van der Waals surface area contributed by atoms with Gasteiger partial charge >= 0.3 is 12.0 Å². The molecule has 4 N–H and O–H groups in total. The molecule has 7 heteroatoms. The van der Waals surface area contributed by atoms with Crippen LogP contribution in [0.15, 0.2) is 24.3 Å². The quantitative estimate of drug-likeness (QED) is 0.663. The molecule has 0 bridgehead atoms. The highest BCUT2D eigenvalue weighted by Crippen LogP contribution is 2.21. The van der Waals surface area contributed by atoms with Crippen molar-refractivity contribution in [3.05, 3.63) is 34.9 Å². The molecule has 0 saturated carbocycles. The first-order valence-electron chi connectivity index (χ1n) is 6.05. The highest BCUT2D eigenvalue weighted by atomic mass is 35.5. The molecule has 0 spiro atoms. The molecule has 0 aromatic heterocycles. The van der Waals surface area contributed by atoms with Crippen molar-refractivity contribution in [3.63, 3.8) is 0 Å². The molecule has 0 aliphatic heterocycles. The van der Waals surface area contributed by atoms with Gasteiger partial charge in [0.15, 0.2) is 6.04 Å². The summed E-state index contributed by atoms with van der Waals surface area (Å²) in [6, 6.07) is 4.56. The third kappa shape index (κ3) is 4.40. The number of benzene rings is 1. The van der Waals surface area contributed by atoms with Crippen LogP contribution < -0.4 is 10.6 Å². The van der Waals surface area contributed by atoms with Crippen LogP contribution in [-0.2, 0) is 4.79 Å². The summed E-state index contributed by atoms with van der Waals surface area (Å²) in [5.41, 5.74) is 0.716. The first-order chi connectivity index (χ1) is 9.32. The van der Waals surface area contributed by atoms with E-state index >= 15 is 0 Å². The molecule has 0 saturated heterocycles. The minimum absolute atomic E-state index is 0.396. The van der Waals surface area contributed by atoms with Crippen molar-refractivity contribution in [3.8, 4) is 0 Å². The summed E-state index contributed by atoms with van der Waals surface area (Å²) in [5, 5.41) is 23.4. The third-order valence-electron chi connectivity index (χ3n) is 2.75. The Morgan fingerprint density at radius 3 is 2.30 bits per heavy atom. The standard InChI is InChI=1S/C13H17ClN2O4/c1-7(9-5-3-4-6-10(9)14)15-13(20)16-11(8(2)17)12(18)19/h3-8,11,17H,1-2H3,(H,18,19)(H2,15,16,20). The maximum absolute atomic E-state index is 11.7. The molecule has 1 aromatic rings. The lowest BCUT2D eigenvalue weighted by Crippen LogP contribution is -2.51. The Morgan fingerprint density at radius 2 is 1.80 bits per heavy atom. The Labute approximate surface area is 121 Å². The van der Waals surface area contributed by atoms with Gasteiger partial charge in [-0.2, -0.15) is 0 Å². The first kappa shape index (κ1) is 16.3. The van der Waals surface area contributed by atoms with Crippen LogP contribution in [-0.4, -0.2) is 34.4 Å². The van der Waals surface area contributed by atoms with Crippen LogP contribution in [0.25, 0.3) is 0 Å². The summed E-state index contributed by atoms with van der Waals surface area (Å²) in [5.74, 6) is -1.31. The Balaban J connectivity index is 2.67. The highest BCUT2D eigenvalue weighted by Gasteiger charge is 2.25. The van der Waals surface area contributed by atoms with Gasteiger partial charge in [-0.05, 0) is 25.5 Å². The molecule has 0 aliphatic rings. The lowest BCUT2D eigenvalue weighted by molar-refractivity contribution is -0.141. The van der Waals surface area contributed by atoms with Gasteiger partial charge in [-0.3, -0.25) is 0 Å². The smallest absolute Gasteiger partial charge is 0.328 e. The molecule has 2 amide bonds. The fourth-order valence-electron chi connectivity index (χ4n) is 1.67. The molecule has 0 heterocycles. The summed E-state index contributed by atoms with van der Waals surface area (Å²) < 4.78 is 0. The van der Waals surface area contributed by atoms with Crippen molar-refractivity contribution in [2.24, 2.45) is 0 Å². The second-order valence-corrected chi connectivity index (χ2v) is 4.82. The Bertz CT molecular complexity index is 493. The maximum atomic E-state index is 11.7. The van der Waals surface area contributed by atoms with Crippen LogP contribution in [0.3, 0.4) is 0 Å². The number of carboxylic acid groups (broad SMARTS) is 1. The predicted octanol–water partition coefficient (Wildman–Crippen LogP) is 1.53. The van der Waals surface area contributed by atoms with Gasteiger partial charge < -0.3 is 20.8 Å². The lowest BCUT2D eigenvalue weighted by Gasteiger charge is -2.20. The van der Waals surface area contributed by atoms with Crippen molar-refractivity contribution in [1.29, 1.82) is 0 Å². The highest BCUT2D eigenvalue weighted by molar-refractivity contribution is 6.31. The van der Waals surface area contributed by atoms with Crippen molar-refractivity contribution in [1.82, 2.24) is 10.6 Å². The molecule has 1 rings (SSSR count). The monoisotopic (exact) mass is 300 g/mol. The molecular weight excluding hydrogens is 284 g/mol. The minimum Gasteiger partial charge on any atom is -0.480 e.